The molecule has 5 heteroatoms. The van der Waals surface area contributed by atoms with Crippen LogP contribution in [-0.2, 0) is 11.2 Å². The molecule has 0 radical (unpaired) electrons. The average molecular weight is 201 g/mol. The van der Waals surface area contributed by atoms with Gasteiger partial charge in [-0.25, -0.2) is 0 Å². The van der Waals surface area contributed by atoms with E-state index in [0.717, 1.165) is 11.5 Å². The summed E-state index contributed by atoms with van der Waals surface area (Å²) in [6.45, 7) is 1.86. The van der Waals surface area contributed by atoms with E-state index >= 15 is 0 Å². The Morgan fingerprint density at radius 1 is 1.69 bits per heavy atom. The number of carboxylic acid groups (broad SMARTS) is 1. The van der Waals surface area contributed by atoms with Crippen molar-refractivity contribution < 1.29 is 14.3 Å². The van der Waals surface area contributed by atoms with E-state index in [4.69, 9.17) is 21.7 Å². The first-order chi connectivity index (χ1) is 6.09. The van der Waals surface area contributed by atoms with Crippen LogP contribution in [0.3, 0.4) is 0 Å². The van der Waals surface area contributed by atoms with Gasteiger partial charge in [0.25, 0.3) is 4.84 Å². The first-order valence-electron chi connectivity index (χ1n) is 4.00. The summed E-state index contributed by atoms with van der Waals surface area (Å²) in [6, 6.07) is 0. The number of oxazole rings is 1. The number of rotatable bonds is 4. The Balaban J connectivity index is 2.50. The number of hydrogen-bond acceptors (Lipinski definition) is 3. The topological polar surface area (TPSA) is 66.2 Å². The summed E-state index contributed by atoms with van der Waals surface area (Å²) in [5, 5.41) is 8.41. The van der Waals surface area contributed by atoms with Crippen LogP contribution < -0.4 is 0 Å². The van der Waals surface area contributed by atoms with E-state index in [1.165, 1.54) is 0 Å². The molecule has 0 aliphatic heterocycles. The van der Waals surface area contributed by atoms with Crippen LogP contribution in [0.15, 0.2) is 4.42 Å². The molecule has 2 N–H and O–H groups in total. The molecule has 4 nitrogen and oxygen atoms in total. The molecule has 0 aromatic carbocycles. The van der Waals surface area contributed by atoms with Crippen molar-refractivity contribution in [1.29, 1.82) is 0 Å². The highest BCUT2D eigenvalue weighted by molar-refractivity contribution is 7.71. The van der Waals surface area contributed by atoms with Crippen LogP contribution in [0.25, 0.3) is 0 Å². The molecule has 1 rings (SSSR count). The quantitative estimate of drug-likeness (QED) is 0.732. The largest absolute Gasteiger partial charge is 0.481 e. The first-order valence-corrected chi connectivity index (χ1v) is 4.41. The Hall–Kier alpha value is -1.10. The molecule has 0 fully saturated rings. The average Bonchev–Trinajstić information content (AvgIpc) is 2.29. The van der Waals surface area contributed by atoms with Crippen molar-refractivity contribution in [2.45, 2.75) is 26.2 Å². The van der Waals surface area contributed by atoms with E-state index in [-0.39, 0.29) is 6.42 Å². The van der Waals surface area contributed by atoms with Crippen molar-refractivity contribution in [3.05, 3.63) is 16.3 Å². The Kier molecular flexibility index (Phi) is 3.25. The maximum absolute atomic E-state index is 10.2. The molecular weight excluding hydrogens is 190 g/mol. The molecule has 0 bridgehead atoms. The standard InChI is InChI=1S/C8H11NO3S/c1-5-6(12-8(13)9-5)3-2-4-7(10)11/h2-4H2,1H3,(H,9,13)(H,10,11). The van der Waals surface area contributed by atoms with Gasteiger partial charge in [0, 0.05) is 12.8 Å². The lowest BCUT2D eigenvalue weighted by Crippen LogP contribution is -1.95. The first kappa shape index (κ1) is 9.98. The minimum atomic E-state index is -0.785. The predicted octanol–water partition coefficient (Wildman–Crippen LogP) is 2.05. The molecule has 0 unspecified atom stereocenters. The summed E-state index contributed by atoms with van der Waals surface area (Å²) in [7, 11) is 0. The molecular formula is C8H11NO3S. The Morgan fingerprint density at radius 2 is 2.38 bits per heavy atom. The fourth-order valence-electron chi connectivity index (χ4n) is 1.08. The number of H-pyrrole nitrogens is 1. The number of carbonyl (C=O) groups is 1. The van der Waals surface area contributed by atoms with Gasteiger partial charge >= 0.3 is 5.97 Å². The van der Waals surface area contributed by atoms with Crippen LogP contribution in [-0.4, -0.2) is 16.1 Å². The highest BCUT2D eigenvalue weighted by Crippen LogP contribution is 2.10. The van der Waals surface area contributed by atoms with Crippen LogP contribution in [0, 0.1) is 11.8 Å². The second-order valence-corrected chi connectivity index (χ2v) is 3.18. The van der Waals surface area contributed by atoms with Gasteiger partial charge < -0.3 is 14.5 Å². The SMILES string of the molecule is Cc1[nH]c(=S)oc1CCCC(=O)O. The molecule has 1 aromatic rings. The van der Waals surface area contributed by atoms with Crippen LogP contribution in [0.1, 0.15) is 24.3 Å². The van der Waals surface area contributed by atoms with E-state index in [0.29, 0.717) is 17.7 Å². The van der Waals surface area contributed by atoms with Gasteiger partial charge in [0.1, 0.15) is 5.76 Å². The lowest BCUT2D eigenvalue weighted by atomic mass is 10.2. The molecule has 0 saturated carbocycles. The maximum atomic E-state index is 10.2. The van der Waals surface area contributed by atoms with Crippen LogP contribution in [0.4, 0.5) is 0 Å². The molecule has 0 spiro atoms. The van der Waals surface area contributed by atoms with Crippen molar-refractivity contribution in [2.75, 3.05) is 0 Å². The number of aromatic amines is 1. The molecule has 1 aromatic heterocycles. The molecule has 0 saturated heterocycles. The molecule has 0 atom stereocenters. The van der Waals surface area contributed by atoms with Crippen molar-refractivity contribution in [1.82, 2.24) is 4.98 Å². The second-order valence-electron chi connectivity index (χ2n) is 2.81. The monoisotopic (exact) mass is 201 g/mol. The van der Waals surface area contributed by atoms with E-state index in [1.807, 2.05) is 6.92 Å². The zero-order chi connectivity index (χ0) is 9.84. The van der Waals surface area contributed by atoms with Gasteiger partial charge in [0.2, 0.25) is 0 Å². The summed E-state index contributed by atoms with van der Waals surface area (Å²) >= 11 is 4.78. The Morgan fingerprint density at radius 3 is 2.85 bits per heavy atom. The van der Waals surface area contributed by atoms with E-state index in [9.17, 15) is 4.79 Å². The number of carboxylic acids is 1. The minimum absolute atomic E-state index is 0.160. The molecule has 0 amide bonds. The lowest BCUT2D eigenvalue weighted by molar-refractivity contribution is -0.137. The number of aliphatic carboxylic acids is 1. The van der Waals surface area contributed by atoms with Crippen LogP contribution in [0.2, 0.25) is 0 Å². The van der Waals surface area contributed by atoms with Gasteiger partial charge in [-0.1, -0.05) is 0 Å². The van der Waals surface area contributed by atoms with E-state index < -0.39 is 5.97 Å². The summed E-state index contributed by atoms with van der Waals surface area (Å²) in [5.74, 6) is -0.0296. The molecule has 1 heterocycles. The van der Waals surface area contributed by atoms with Crippen molar-refractivity contribution in [3.63, 3.8) is 0 Å². The molecule has 72 valence electrons. The van der Waals surface area contributed by atoms with Crippen molar-refractivity contribution >= 4 is 18.2 Å². The Labute approximate surface area is 80.6 Å². The fourth-order valence-corrected chi connectivity index (χ4v) is 1.33. The number of nitrogens with one attached hydrogen (secondary N) is 1. The summed E-state index contributed by atoms with van der Waals surface area (Å²) in [5.41, 5.74) is 0.885. The van der Waals surface area contributed by atoms with Gasteiger partial charge in [-0.2, -0.15) is 0 Å². The predicted molar refractivity (Wildman–Crippen MR) is 49.2 cm³/mol. The Bertz CT molecular complexity index is 353. The van der Waals surface area contributed by atoms with E-state index in [2.05, 4.69) is 4.98 Å². The number of aryl methyl sites for hydroxylation is 2. The van der Waals surface area contributed by atoms with Gasteiger partial charge in [-0.05, 0) is 25.6 Å². The lowest BCUT2D eigenvalue weighted by Gasteiger charge is -1.94. The maximum Gasteiger partial charge on any atom is 0.303 e. The minimum Gasteiger partial charge on any atom is -0.481 e. The van der Waals surface area contributed by atoms with Gasteiger partial charge in [-0.3, -0.25) is 4.79 Å². The smallest absolute Gasteiger partial charge is 0.303 e. The summed E-state index contributed by atoms with van der Waals surface area (Å²) < 4.78 is 5.16. The number of aromatic nitrogens is 1. The highest BCUT2D eigenvalue weighted by atomic mass is 32.1. The third kappa shape index (κ3) is 3.02. The highest BCUT2D eigenvalue weighted by Gasteiger charge is 2.04. The molecule has 0 aliphatic carbocycles. The second kappa shape index (κ2) is 4.23. The normalized spacial score (nSPS) is 10.2. The third-order valence-electron chi connectivity index (χ3n) is 1.72. The fraction of sp³-hybridized carbons (Fsp3) is 0.500. The van der Waals surface area contributed by atoms with Gasteiger partial charge in [0.05, 0.1) is 5.69 Å². The summed E-state index contributed by atoms with van der Waals surface area (Å²) in [4.78, 5) is 13.4. The third-order valence-corrected chi connectivity index (χ3v) is 1.90. The van der Waals surface area contributed by atoms with Crippen LogP contribution in [0.5, 0.6) is 0 Å². The van der Waals surface area contributed by atoms with Gasteiger partial charge in [0.15, 0.2) is 0 Å². The van der Waals surface area contributed by atoms with Crippen molar-refractivity contribution in [2.24, 2.45) is 0 Å². The van der Waals surface area contributed by atoms with E-state index in [1.54, 1.807) is 0 Å². The zero-order valence-electron chi connectivity index (χ0n) is 7.29. The van der Waals surface area contributed by atoms with Gasteiger partial charge in [-0.15, -0.1) is 0 Å². The summed E-state index contributed by atoms with van der Waals surface area (Å²) in [6.07, 6.45) is 1.35. The molecule has 0 aliphatic rings. The number of hydrogen-bond donors (Lipinski definition) is 2. The van der Waals surface area contributed by atoms with Crippen LogP contribution >= 0.6 is 12.2 Å². The molecule has 13 heavy (non-hydrogen) atoms. The van der Waals surface area contributed by atoms with Crippen molar-refractivity contribution in [3.8, 4) is 0 Å². The zero-order valence-corrected chi connectivity index (χ0v) is 8.11.